The van der Waals surface area contributed by atoms with Gasteiger partial charge in [-0.1, -0.05) is 0 Å². The summed E-state index contributed by atoms with van der Waals surface area (Å²) in [6.07, 6.45) is 0. The minimum absolute atomic E-state index is 0. The molecule has 5 heavy (non-hydrogen) atoms. The van der Waals surface area contributed by atoms with Crippen molar-refractivity contribution in [1.82, 2.24) is 0 Å². The van der Waals surface area contributed by atoms with E-state index in [1.807, 2.05) is 0 Å². The third-order valence-electron chi connectivity index (χ3n) is 0. The van der Waals surface area contributed by atoms with E-state index in [0.29, 0.717) is 0 Å². The zero-order valence-electron chi connectivity index (χ0n) is 1.06. The summed E-state index contributed by atoms with van der Waals surface area (Å²) in [6.45, 7) is 0. The number of rotatable bonds is 0. The molecule has 0 bridgehead atoms. The molecule has 0 rings (SSSR count). The summed E-state index contributed by atoms with van der Waals surface area (Å²) >= 11 is 0. The van der Waals surface area contributed by atoms with Gasteiger partial charge >= 0.3 is 39.6 Å². The van der Waals surface area contributed by atoms with Crippen LogP contribution in [0.4, 0.5) is 0 Å². The summed E-state index contributed by atoms with van der Waals surface area (Å²) in [5.74, 6) is 0. The third kappa shape index (κ3) is 19.9. The van der Waals surface area contributed by atoms with Gasteiger partial charge in [0.25, 0.3) is 0 Å². The maximum absolute atomic E-state index is 0. The zero-order chi connectivity index (χ0) is 0. The van der Waals surface area contributed by atoms with Crippen molar-refractivity contribution in [2.45, 2.75) is 0 Å². The van der Waals surface area contributed by atoms with Gasteiger partial charge in [0, 0.05) is 51.2 Å². The Morgan fingerprint density at radius 2 is 0.400 bits per heavy atom. The van der Waals surface area contributed by atoms with Gasteiger partial charge in [-0.15, -0.1) is 0 Å². The molecular weight excluding hydrogens is 307 g/mol. The number of hydrogen-bond acceptors (Lipinski definition) is 0. The molecule has 0 nitrogen and oxygen atoms in total. The van der Waals surface area contributed by atoms with E-state index in [1.54, 1.807) is 0 Å². The topological polar surface area (TPSA) is 0 Å². The van der Waals surface area contributed by atoms with Crippen LogP contribution in [0.2, 0.25) is 0 Å². The van der Waals surface area contributed by atoms with Crippen molar-refractivity contribution in [2.75, 3.05) is 0 Å². The molecule has 0 saturated heterocycles. The van der Waals surface area contributed by atoms with Gasteiger partial charge in [0.15, 0.2) is 0 Å². The predicted molar refractivity (Wildman–Crippen MR) is 19.9 cm³/mol. The van der Waals surface area contributed by atoms with Crippen LogP contribution < -0.4 is 0 Å². The van der Waals surface area contributed by atoms with Crippen LogP contribution in [0.1, 0.15) is 0 Å². The van der Waals surface area contributed by atoms with Crippen molar-refractivity contribution in [2.24, 2.45) is 0 Å². The molecule has 0 aromatic heterocycles. The second-order valence-electron chi connectivity index (χ2n) is 0. The average Bonchev–Trinajstić information content (AvgIpc) is 0. The van der Waals surface area contributed by atoms with Gasteiger partial charge in [-0.25, -0.2) is 0 Å². The van der Waals surface area contributed by atoms with Crippen LogP contribution in [-0.2, 0) is 51.2 Å². The Morgan fingerprint density at radius 3 is 0.400 bits per heavy atom. The Kier molecular flexibility index (Phi) is 264. The molecule has 0 saturated carbocycles. The Hall–Kier alpha value is 2.83. The van der Waals surface area contributed by atoms with Crippen molar-refractivity contribution in [1.29, 1.82) is 0 Å². The molecule has 0 aliphatic carbocycles. The molecule has 0 spiro atoms. The van der Waals surface area contributed by atoms with E-state index < -0.39 is 0 Å². The van der Waals surface area contributed by atoms with Crippen molar-refractivity contribution in [3.8, 4) is 0 Å². The van der Waals surface area contributed by atoms with E-state index in [4.69, 9.17) is 0 Å². The van der Waals surface area contributed by atoms with Gasteiger partial charge in [-0.3, -0.25) is 0 Å². The molecule has 0 fully saturated rings. The van der Waals surface area contributed by atoms with E-state index in [-0.39, 0.29) is 90.8 Å². The van der Waals surface area contributed by atoms with Crippen molar-refractivity contribution in [3.05, 3.63) is 0 Å². The Morgan fingerprint density at radius 1 is 0.400 bits per heavy atom. The summed E-state index contributed by atoms with van der Waals surface area (Å²) in [7, 11) is 0. The molecule has 0 N–H and O–H groups in total. The fourth-order valence-corrected chi connectivity index (χ4v) is 0. The third-order valence-corrected chi connectivity index (χ3v) is 0. The van der Waals surface area contributed by atoms with Crippen LogP contribution in [0.25, 0.3) is 0 Å². The fourth-order valence-electron chi connectivity index (χ4n) is 0. The Bertz CT molecular complexity index is 4.85. The quantitative estimate of drug-likeness (QED) is 0.439. The molecule has 0 atom stereocenters. The Balaban J connectivity index is 0. The molecule has 0 aromatic carbocycles. The molecule has 0 amide bonds. The molecule has 0 aliphatic rings. The van der Waals surface area contributed by atoms with E-state index in [2.05, 4.69) is 0 Å². The van der Waals surface area contributed by atoms with Gasteiger partial charge in [0.1, 0.15) is 0 Å². The first-order valence-electron chi connectivity index (χ1n) is 0. The van der Waals surface area contributed by atoms with Crippen molar-refractivity contribution in [3.63, 3.8) is 0 Å². The molecule has 0 heterocycles. The van der Waals surface area contributed by atoms with Gasteiger partial charge in [-0.05, 0) is 0 Å². The first kappa shape index (κ1) is 45.6. The van der Waals surface area contributed by atoms with Crippen molar-refractivity contribution >= 4 is 39.6 Å². The average molecular weight is 313 g/mol. The van der Waals surface area contributed by atoms with Crippen LogP contribution in [0.15, 0.2) is 0 Å². The molecule has 0 aromatic rings. The molecule has 0 unspecified atom stereocenters. The first-order chi connectivity index (χ1) is 0. The van der Waals surface area contributed by atoms with E-state index in [9.17, 15) is 0 Å². The normalized spacial score (nSPS) is 0. The van der Waals surface area contributed by atoms with Gasteiger partial charge in [0.2, 0.25) is 0 Å². The fraction of sp³-hybridized carbons (Fsp3) is 0. The monoisotopic (exact) mass is 312 g/mol. The number of hydrogen-bond donors (Lipinski definition) is 0. The van der Waals surface area contributed by atoms with E-state index in [1.165, 1.54) is 0 Å². The molecule has 5 heteroatoms. The maximum atomic E-state index is 0. The predicted octanol–water partition coefficient (Wildman–Crippen LogP) is -2.38. The summed E-state index contributed by atoms with van der Waals surface area (Å²) in [6, 6.07) is 0. The van der Waals surface area contributed by atoms with E-state index in [0.717, 1.165) is 0 Å². The summed E-state index contributed by atoms with van der Waals surface area (Å²) < 4.78 is 0. The molecular formula is H6Fe3Ga2. The first-order valence-corrected chi connectivity index (χ1v) is 0. The molecule has 0 radical (unpaired) electrons. The Labute approximate surface area is 89.5 Å². The SMILES string of the molecule is [Fe].[Fe].[Fe].[GaH3].[GaH3]. The zero-order valence-corrected chi connectivity index (χ0v) is 4.37. The molecule has 36 valence electrons. The van der Waals surface area contributed by atoms with Crippen LogP contribution in [0.3, 0.4) is 0 Å². The van der Waals surface area contributed by atoms with Gasteiger partial charge < -0.3 is 0 Å². The summed E-state index contributed by atoms with van der Waals surface area (Å²) in [5.41, 5.74) is 0. The van der Waals surface area contributed by atoms with Gasteiger partial charge in [0.05, 0.1) is 0 Å². The van der Waals surface area contributed by atoms with Gasteiger partial charge in [-0.2, -0.15) is 0 Å². The summed E-state index contributed by atoms with van der Waals surface area (Å²) in [4.78, 5) is 0. The van der Waals surface area contributed by atoms with Crippen LogP contribution in [0.5, 0.6) is 0 Å². The second kappa shape index (κ2) is 29.0. The van der Waals surface area contributed by atoms with Crippen LogP contribution in [-0.4, -0.2) is 39.6 Å². The van der Waals surface area contributed by atoms with E-state index >= 15 is 0 Å². The van der Waals surface area contributed by atoms with Crippen LogP contribution in [0, 0.1) is 0 Å². The second-order valence-corrected chi connectivity index (χ2v) is 0. The van der Waals surface area contributed by atoms with Crippen LogP contribution >= 0.6 is 0 Å². The van der Waals surface area contributed by atoms with Crippen molar-refractivity contribution < 1.29 is 51.2 Å². The minimum atomic E-state index is 0. The molecule has 0 aliphatic heterocycles. The summed E-state index contributed by atoms with van der Waals surface area (Å²) in [5, 5.41) is 0. The standard InChI is InChI=1S/3Fe.2Ga.6H.